The zero-order valence-corrected chi connectivity index (χ0v) is 10.8. The molecule has 1 aromatic rings. The molecule has 0 saturated carbocycles. The molecule has 1 aliphatic rings. The van der Waals surface area contributed by atoms with E-state index in [1.165, 1.54) is 16.8 Å². The maximum Gasteiger partial charge on any atom is 0.0470 e. The topological polar surface area (TPSA) is 15.3 Å². The standard InChI is InChI=1S/C14H22N2/c1-11-7-12(2)9-13(8-11)16-6-5-15-10-14(16,3)4/h7-9,15H,5-6,10H2,1-4H3. The molecule has 0 aromatic heterocycles. The van der Waals surface area contributed by atoms with Crippen molar-refractivity contribution in [1.82, 2.24) is 5.32 Å². The van der Waals surface area contributed by atoms with E-state index in [9.17, 15) is 0 Å². The number of benzene rings is 1. The van der Waals surface area contributed by atoms with E-state index in [-0.39, 0.29) is 5.54 Å². The first-order valence-electron chi connectivity index (χ1n) is 6.06. The monoisotopic (exact) mass is 218 g/mol. The quantitative estimate of drug-likeness (QED) is 0.779. The number of piperazine rings is 1. The van der Waals surface area contributed by atoms with Crippen LogP contribution in [-0.4, -0.2) is 25.2 Å². The van der Waals surface area contributed by atoms with Crippen molar-refractivity contribution in [3.05, 3.63) is 29.3 Å². The summed E-state index contributed by atoms with van der Waals surface area (Å²) in [5.41, 5.74) is 4.27. The SMILES string of the molecule is Cc1cc(C)cc(N2CCNCC2(C)C)c1. The summed E-state index contributed by atoms with van der Waals surface area (Å²) in [5.74, 6) is 0. The highest BCUT2D eigenvalue weighted by Crippen LogP contribution is 2.27. The van der Waals surface area contributed by atoms with Crippen LogP contribution in [0.15, 0.2) is 18.2 Å². The maximum absolute atomic E-state index is 3.46. The molecule has 88 valence electrons. The van der Waals surface area contributed by atoms with Crippen LogP contribution in [0.1, 0.15) is 25.0 Å². The number of nitrogens with one attached hydrogen (secondary N) is 1. The van der Waals surface area contributed by atoms with Crippen molar-refractivity contribution in [2.75, 3.05) is 24.5 Å². The van der Waals surface area contributed by atoms with Gasteiger partial charge in [-0.05, 0) is 51.0 Å². The van der Waals surface area contributed by atoms with Gasteiger partial charge in [0, 0.05) is 30.9 Å². The van der Waals surface area contributed by atoms with E-state index in [1.54, 1.807) is 0 Å². The molecule has 2 heteroatoms. The summed E-state index contributed by atoms with van der Waals surface area (Å²) in [6.07, 6.45) is 0. The first-order valence-corrected chi connectivity index (χ1v) is 6.06. The molecule has 1 heterocycles. The molecular formula is C14H22N2. The van der Waals surface area contributed by atoms with E-state index in [4.69, 9.17) is 0 Å². The molecule has 1 fully saturated rings. The summed E-state index contributed by atoms with van der Waals surface area (Å²) in [6.45, 7) is 12.2. The molecule has 0 bridgehead atoms. The number of hydrogen-bond donors (Lipinski definition) is 1. The van der Waals surface area contributed by atoms with E-state index in [0.29, 0.717) is 0 Å². The van der Waals surface area contributed by atoms with Gasteiger partial charge in [0.05, 0.1) is 0 Å². The molecule has 1 N–H and O–H groups in total. The molecule has 16 heavy (non-hydrogen) atoms. The zero-order chi connectivity index (χ0) is 11.8. The molecule has 0 radical (unpaired) electrons. The third-order valence-electron chi connectivity index (χ3n) is 3.32. The fourth-order valence-corrected chi connectivity index (χ4v) is 2.57. The molecule has 0 unspecified atom stereocenters. The van der Waals surface area contributed by atoms with Crippen molar-refractivity contribution in [2.24, 2.45) is 0 Å². The smallest absolute Gasteiger partial charge is 0.0470 e. The predicted octanol–water partition coefficient (Wildman–Crippen LogP) is 2.49. The second kappa shape index (κ2) is 4.10. The second-order valence-electron chi connectivity index (χ2n) is 5.49. The van der Waals surface area contributed by atoms with Gasteiger partial charge < -0.3 is 10.2 Å². The predicted molar refractivity (Wildman–Crippen MR) is 70.2 cm³/mol. The lowest BCUT2D eigenvalue weighted by molar-refractivity contribution is 0.380. The summed E-state index contributed by atoms with van der Waals surface area (Å²) in [7, 11) is 0. The van der Waals surface area contributed by atoms with E-state index in [1.807, 2.05) is 0 Å². The molecule has 0 amide bonds. The Morgan fingerprint density at radius 3 is 2.31 bits per heavy atom. The zero-order valence-electron chi connectivity index (χ0n) is 10.8. The van der Waals surface area contributed by atoms with Gasteiger partial charge in [0.15, 0.2) is 0 Å². The minimum Gasteiger partial charge on any atom is -0.364 e. The molecule has 1 saturated heterocycles. The molecule has 0 atom stereocenters. The van der Waals surface area contributed by atoms with Crippen LogP contribution in [-0.2, 0) is 0 Å². The van der Waals surface area contributed by atoms with Gasteiger partial charge in [-0.3, -0.25) is 0 Å². The van der Waals surface area contributed by atoms with Crippen molar-refractivity contribution in [1.29, 1.82) is 0 Å². The van der Waals surface area contributed by atoms with Crippen LogP contribution in [0.2, 0.25) is 0 Å². The van der Waals surface area contributed by atoms with Crippen molar-refractivity contribution < 1.29 is 0 Å². The number of anilines is 1. The fraction of sp³-hybridized carbons (Fsp3) is 0.571. The van der Waals surface area contributed by atoms with Crippen LogP contribution in [0.3, 0.4) is 0 Å². The van der Waals surface area contributed by atoms with E-state index < -0.39 is 0 Å². The Morgan fingerprint density at radius 2 is 1.75 bits per heavy atom. The summed E-state index contributed by atoms with van der Waals surface area (Å²) in [5, 5.41) is 3.46. The van der Waals surface area contributed by atoms with Crippen LogP contribution >= 0.6 is 0 Å². The maximum atomic E-state index is 3.46. The second-order valence-corrected chi connectivity index (χ2v) is 5.49. The van der Waals surface area contributed by atoms with Crippen LogP contribution in [0.25, 0.3) is 0 Å². The normalized spacial score (nSPS) is 19.9. The van der Waals surface area contributed by atoms with Gasteiger partial charge in [0.2, 0.25) is 0 Å². The van der Waals surface area contributed by atoms with Gasteiger partial charge in [0.1, 0.15) is 0 Å². The van der Waals surface area contributed by atoms with Gasteiger partial charge in [-0.2, -0.15) is 0 Å². The fourth-order valence-electron chi connectivity index (χ4n) is 2.57. The van der Waals surface area contributed by atoms with Gasteiger partial charge >= 0.3 is 0 Å². The Labute approximate surface area is 98.7 Å². The van der Waals surface area contributed by atoms with Crippen LogP contribution in [0.5, 0.6) is 0 Å². The number of aryl methyl sites for hydroxylation is 2. The summed E-state index contributed by atoms with van der Waals surface area (Å²) >= 11 is 0. The Hall–Kier alpha value is -1.02. The molecule has 1 aromatic carbocycles. The van der Waals surface area contributed by atoms with Crippen LogP contribution in [0, 0.1) is 13.8 Å². The Bertz CT molecular complexity index is 362. The minimum absolute atomic E-state index is 0.207. The van der Waals surface area contributed by atoms with E-state index in [0.717, 1.165) is 19.6 Å². The Kier molecular flexibility index (Phi) is 2.94. The number of hydrogen-bond acceptors (Lipinski definition) is 2. The number of rotatable bonds is 1. The molecule has 0 aliphatic carbocycles. The van der Waals surface area contributed by atoms with Gasteiger partial charge in [-0.25, -0.2) is 0 Å². The lowest BCUT2D eigenvalue weighted by atomic mass is 9.98. The lowest BCUT2D eigenvalue weighted by Gasteiger charge is -2.44. The van der Waals surface area contributed by atoms with Crippen molar-refractivity contribution in [3.8, 4) is 0 Å². The molecule has 0 spiro atoms. The summed E-state index contributed by atoms with van der Waals surface area (Å²) < 4.78 is 0. The third-order valence-corrected chi connectivity index (χ3v) is 3.32. The average Bonchev–Trinajstić information content (AvgIpc) is 2.15. The Morgan fingerprint density at radius 1 is 1.12 bits per heavy atom. The molecule has 2 rings (SSSR count). The third kappa shape index (κ3) is 2.22. The van der Waals surface area contributed by atoms with Crippen LogP contribution in [0.4, 0.5) is 5.69 Å². The average molecular weight is 218 g/mol. The van der Waals surface area contributed by atoms with Crippen LogP contribution < -0.4 is 10.2 Å². The van der Waals surface area contributed by atoms with Crippen molar-refractivity contribution in [3.63, 3.8) is 0 Å². The van der Waals surface area contributed by atoms with E-state index >= 15 is 0 Å². The van der Waals surface area contributed by atoms with Crippen molar-refractivity contribution >= 4 is 5.69 Å². The van der Waals surface area contributed by atoms with E-state index in [2.05, 4.69) is 56.1 Å². The lowest BCUT2D eigenvalue weighted by Crippen LogP contribution is -2.58. The highest BCUT2D eigenvalue weighted by molar-refractivity contribution is 5.53. The number of nitrogens with zero attached hydrogens (tertiary/aromatic N) is 1. The Balaban J connectivity index is 2.34. The highest BCUT2D eigenvalue weighted by atomic mass is 15.3. The highest BCUT2D eigenvalue weighted by Gasteiger charge is 2.29. The minimum atomic E-state index is 0.207. The van der Waals surface area contributed by atoms with Gasteiger partial charge in [-0.15, -0.1) is 0 Å². The molecule has 2 nitrogen and oxygen atoms in total. The molecular weight excluding hydrogens is 196 g/mol. The first-order chi connectivity index (χ1) is 7.49. The van der Waals surface area contributed by atoms with Crippen molar-refractivity contribution in [2.45, 2.75) is 33.2 Å². The summed E-state index contributed by atoms with van der Waals surface area (Å²) in [4.78, 5) is 2.52. The van der Waals surface area contributed by atoms with Gasteiger partial charge in [-0.1, -0.05) is 6.07 Å². The summed E-state index contributed by atoms with van der Waals surface area (Å²) in [6, 6.07) is 6.82. The first kappa shape index (κ1) is 11.5. The van der Waals surface area contributed by atoms with Gasteiger partial charge in [0.25, 0.3) is 0 Å². The largest absolute Gasteiger partial charge is 0.364 e. The molecule has 1 aliphatic heterocycles.